The van der Waals surface area contributed by atoms with Gasteiger partial charge in [-0.15, -0.1) is 0 Å². The van der Waals surface area contributed by atoms with Crippen LogP contribution in [0.25, 0.3) is 0 Å². The second-order valence-corrected chi connectivity index (χ2v) is 3.97. The molecule has 2 heteroatoms. The van der Waals surface area contributed by atoms with Crippen molar-refractivity contribution in [2.45, 2.75) is 19.9 Å². The molecule has 0 aliphatic rings. The Balaban J connectivity index is 2.79. The Morgan fingerprint density at radius 2 is 1.92 bits per heavy atom. The number of aliphatic imine (C=N–C) groups is 1. The molecule has 0 fully saturated rings. The summed E-state index contributed by atoms with van der Waals surface area (Å²) in [5.41, 5.74) is 1.26. The van der Waals surface area contributed by atoms with Crippen molar-refractivity contribution in [1.82, 2.24) is 0 Å². The Bertz CT molecular complexity index is 262. The normalized spacial score (nSPS) is 14.3. The van der Waals surface area contributed by atoms with Gasteiger partial charge in [-0.2, -0.15) is 0 Å². The zero-order chi connectivity index (χ0) is 8.97. The summed E-state index contributed by atoms with van der Waals surface area (Å²) in [5, 5.41) is 0. The predicted molar refractivity (Wildman–Crippen MR) is 53.7 cm³/mol. The monoisotopic (exact) mass is 226 g/mol. The summed E-state index contributed by atoms with van der Waals surface area (Å²) in [6.07, 6.45) is 0. The first-order chi connectivity index (χ1) is 5.70. The minimum atomic E-state index is 0.257. The van der Waals surface area contributed by atoms with Crippen molar-refractivity contribution in [1.29, 1.82) is 0 Å². The molecular weight excluding hydrogens is 213 g/mol. The van der Waals surface area contributed by atoms with Crippen LogP contribution in [0.15, 0.2) is 35.3 Å². The molecule has 1 radical (unpaired) electrons. The molecule has 12 heavy (non-hydrogen) atoms. The van der Waals surface area contributed by atoms with Crippen LogP contribution in [0, 0.1) is 0 Å². The van der Waals surface area contributed by atoms with E-state index in [0.29, 0.717) is 0 Å². The molecule has 0 N–H and O–H groups in total. The number of rotatable bonds is 2. The molecule has 0 aromatic heterocycles. The van der Waals surface area contributed by atoms with Gasteiger partial charge in [-0.25, -0.2) is 0 Å². The van der Waals surface area contributed by atoms with Gasteiger partial charge in [0.05, 0.1) is 0 Å². The third kappa shape index (κ3) is 2.80. The van der Waals surface area contributed by atoms with Crippen LogP contribution in [-0.2, 0) is 0 Å². The van der Waals surface area contributed by atoms with E-state index in [1.165, 1.54) is 5.56 Å². The standard InChI is InChI=1S/C10H12NSe/c1-8(11-9(2)12)10-6-4-3-5-7-10/h3-8H,1-2H3. The van der Waals surface area contributed by atoms with Crippen molar-refractivity contribution in [3.63, 3.8) is 0 Å². The van der Waals surface area contributed by atoms with Gasteiger partial charge in [0.2, 0.25) is 0 Å². The van der Waals surface area contributed by atoms with E-state index in [1.54, 1.807) is 0 Å². The first kappa shape index (κ1) is 9.50. The first-order valence-corrected chi connectivity index (χ1v) is 4.82. The maximum absolute atomic E-state index is 4.41. The van der Waals surface area contributed by atoms with Crippen molar-refractivity contribution >= 4 is 20.6 Å². The molecule has 0 saturated heterocycles. The van der Waals surface area contributed by atoms with Gasteiger partial charge in [-0.05, 0) is 0 Å². The van der Waals surface area contributed by atoms with Crippen LogP contribution in [0.2, 0.25) is 0 Å². The van der Waals surface area contributed by atoms with E-state index in [4.69, 9.17) is 0 Å². The van der Waals surface area contributed by atoms with Crippen molar-refractivity contribution in [2.75, 3.05) is 0 Å². The van der Waals surface area contributed by atoms with Crippen LogP contribution in [0.5, 0.6) is 0 Å². The summed E-state index contributed by atoms with van der Waals surface area (Å²) in [7, 11) is 0. The fourth-order valence-electron chi connectivity index (χ4n) is 1.08. The second kappa shape index (κ2) is 4.44. The van der Waals surface area contributed by atoms with E-state index in [1.807, 2.05) is 25.1 Å². The van der Waals surface area contributed by atoms with Gasteiger partial charge in [0, 0.05) is 0 Å². The molecule has 1 rings (SSSR count). The number of benzene rings is 1. The molecule has 1 aromatic carbocycles. The van der Waals surface area contributed by atoms with Crippen molar-refractivity contribution in [3.05, 3.63) is 35.9 Å². The van der Waals surface area contributed by atoms with Crippen LogP contribution in [0.4, 0.5) is 0 Å². The average molecular weight is 225 g/mol. The maximum atomic E-state index is 4.41. The molecule has 0 spiro atoms. The van der Waals surface area contributed by atoms with Gasteiger partial charge in [-0.1, -0.05) is 0 Å². The molecule has 63 valence electrons. The van der Waals surface area contributed by atoms with Gasteiger partial charge in [0.1, 0.15) is 0 Å². The average Bonchev–Trinajstić information content (AvgIpc) is 2.05. The van der Waals surface area contributed by atoms with E-state index in [-0.39, 0.29) is 6.04 Å². The third-order valence-corrected chi connectivity index (χ3v) is 1.88. The van der Waals surface area contributed by atoms with E-state index in [9.17, 15) is 0 Å². The van der Waals surface area contributed by atoms with Gasteiger partial charge in [0.25, 0.3) is 0 Å². The molecule has 0 bridgehead atoms. The zero-order valence-corrected chi connectivity index (χ0v) is 9.03. The van der Waals surface area contributed by atoms with Crippen LogP contribution in [0.3, 0.4) is 0 Å². The summed E-state index contributed by atoms with van der Waals surface area (Å²) in [4.78, 5) is 4.41. The van der Waals surface area contributed by atoms with Gasteiger partial charge in [-0.3, -0.25) is 0 Å². The molecule has 1 nitrogen and oxygen atoms in total. The molecule has 1 atom stereocenters. The van der Waals surface area contributed by atoms with Crippen LogP contribution < -0.4 is 0 Å². The topological polar surface area (TPSA) is 12.4 Å². The molecule has 1 aromatic rings. The molecule has 0 saturated carbocycles. The zero-order valence-electron chi connectivity index (χ0n) is 7.32. The van der Waals surface area contributed by atoms with Crippen LogP contribution in [0.1, 0.15) is 25.5 Å². The molecule has 0 heterocycles. The number of nitrogens with zero attached hydrogens (tertiary/aromatic N) is 1. The Morgan fingerprint density at radius 1 is 1.33 bits per heavy atom. The Labute approximate surface area is 81.7 Å². The summed E-state index contributed by atoms with van der Waals surface area (Å²) in [6, 6.07) is 10.5. The van der Waals surface area contributed by atoms with Crippen molar-refractivity contribution in [2.24, 2.45) is 4.99 Å². The molecule has 0 aliphatic carbocycles. The quantitative estimate of drug-likeness (QED) is 0.541. The van der Waals surface area contributed by atoms with Gasteiger partial charge in [0.15, 0.2) is 0 Å². The summed E-state index contributed by atoms with van der Waals surface area (Å²) in [6.45, 7) is 4.07. The summed E-state index contributed by atoms with van der Waals surface area (Å²) >= 11 is 2.89. The first-order valence-electron chi connectivity index (χ1n) is 3.96. The number of hydrogen-bond donors (Lipinski definition) is 0. The predicted octanol–water partition coefficient (Wildman–Crippen LogP) is 2.33. The van der Waals surface area contributed by atoms with E-state index in [0.717, 1.165) is 4.61 Å². The fourth-order valence-corrected chi connectivity index (χ4v) is 1.41. The van der Waals surface area contributed by atoms with E-state index >= 15 is 0 Å². The molecule has 1 unspecified atom stereocenters. The van der Waals surface area contributed by atoms with E-state index in [2.05, 4.69) is 40.1 Å². The SMILES string of the molecule is CC([Se])=NC(C)c1ccccc1. The molecular formula is C10H12NSe. The van der Waals surface area contributed by atoms with Crippen LogP contribution >= 0.6 is 0 Å². The molecule has 0 amide bonds. The Kier molecular flexibility index (Phi) is 3.51. The summed E-state index contributed by atoms with van der Waals surface area (Å²) < 4.78 is 1.01. The fraction of sp³-hybridized carbons (Fsp3) is 0.300. The second-order valence-electron chi connectivity index (χ2n) is 2.73. The Hall–Kier alpha value is -0.591. The van der Waals surface area contributed by atoms with E-state index < -0.39 is 0 Å². The summed E-state index contributed by atoms with van der Waals surface area (Å²) in [5.74, 6) is 0. The van der Waals surface area contributed by atoms with Crippen molar-refractivity contribution in [3.8, 4) is 0 Å². The number of hydrogen-bond acceptors (Lipinski definition) is 1. The van der Waals surface area contributed by atoms with Gasteiger partial charge >= 0.3 is 81.4 Å². The third-order valence-electron chi connectivity index (χ3n) is 1.66. The minimum absolute atomic E-state index is 0.257. The Morgan fingerprint density at radius 3 is 2.42 bits per heavy atom. The van der Waals surface area contributed by atoms with Crippen molar-refractivity contribution < 1.29 is 0 Å². The molecule has 0 aliphatic heterocycles. The van der Waals surface area contributed by atoms with Gasteiger partial charge < -0.3 is 0 Å². The van der Waals surface area contributed by atoms with Crippen LogP contribution in [-0.4, -0.2) is 20.6 Å².